The molecule has 2 saturated heterocycles. The van der Waals surface area contributed by atoms with Crippen LogP contribution in [0.2, 0.25) is 0 Å². The van der Waals surface area contributed by atoms with Crippen molar-refractivity contribution in [3.05, 3.63) is 30.1 Å². The molecule has 4 N–H and O–H groups in total. The Morgan fingerprint density at radius 1 is 1.22 bits per heavy atom. The Kier molecular flexibility index (Phi) is 6.44. The highest BCUT2D eigenvalue weighted by atomic mass is 16.2. The van der Waals surface area contributed by atoms with Gasteiger partial charge in [0.05, 0.1) is 6.04 Å². The number of rotatable bonds is 6. The van der Waals surface area contributed by atoms with Gasteiger partial charge in [-0.2, -0.15) is 0 Å². The number of nitrogens with two attached hydrogens (primary N) is 2. The molecule has 0 radical (unpaired) electrons. The second-order valence-electron chi connectivity index (χ2n) is 7.93. The summed E-state index contributed by atoms with van der Waals surface area (Å²) in [6.07, 6.45) is 8.36. The first-order valence-electron chi connectivity index (χ1n) is 9.94. The fourth-order valence-electron chi connectivity index (χ4n) is 4.27. The Hall–Kier alpha value is -1.99. The van der Waals surface area contributed by atoms with E-state index in [0.717, 1.165) is 51.9 Å². The minimum atomic E-state index is -0.492. The van der Waals surface area contributed by atoms with E-state index < -0.39 is 6.04 Å². The van der Waals surface area contributed by atoms with Gasteiger partial charge in [-0.25, -0.2) is 0 Å². The van der Waals surface area contributed by atoms with Gasteiger partial charge in [0.25, 0.3) is 0 Å². The predicted octanol–water partition coefficient (Wildman–Crippen LogP) is 0.531. The van der Waals surface area contributed by atoms with Gasteiger partial charge >= 0.3 is 0 Å². The van der Waals surface area contributed by atoms with E-state index in [2.05, 4.69) is 4.98 Å². The van der Waals surface area contributed by atoms with Crippen molar-refractivity contribution in [2.45, 2.75) is 44.6 Å². The largest absolute Gasteiger partial charge is 0.342 e. The molecule has 0 aromatic carbocycles. The molecule has 2 amide bonds. The van der Waals surface area contributed by atoms with Gasteiger partial charge in [0, 0.05) is 45.0 Å². The van der Waals surface area contributed by atoms with Gasteiger partial charge in [0.1, 0.15) is 0 Å². The molecule has 1 aromatic rings. The molecule has 0 aliphatic carbocycles. The molecule has 2 aliphatic heterocycles. The predicted molar refractivity (Wildman–Crippen MR) is 104 cm³/mol. The zero-order valence-corrected chi connectivity index (χ0v) is 16.0. The van der Waals surface area contributed by atoms with E-state index >= 15 is 0 Å². The number of aromatic nitrogens is 1. The molecular formula is C20H31N5O2. The smallest absolute Gasteiger partial charge is 0.239 e. The number of nitrogens with zero attached hydrogens (tertiary/aromatic N) is 3. The van der Waals surface area contributed by atoms with Crippen molar-refractivity contribution in [1.82, 2.24) is 14.8 Å². The Morgan fingerprint density at radius 2 is 1.93 bits per heavy atom. The molecule has 27 heavy (non-hydrogen) atoms. The summed E-state index contributed by atoms with van der Waals surface area (Å²) in [7, 11) is 0. The summed E-state index contributed by atoms with van der Waals surface area (Å²) >= 11 is 0. The van der Waals surface area contributed by atoms with Crippen LogP contribution in [0.3, 0.4) is 0 Å². The highest BCUT2D eigenvalue weighted by molar-refractivity contribution is 5.81. The fourth-order valence-corrected chi connectivity index (χ4v) is 4.27. The quantitative estimate of drug-likeness (QED) is 0.757. The van der Waals surface area contributed by atoms with Crippen molar-refractivity contribution < 1.29 is 9.59 Å². The van der Waals surface area contributed by atoms with Crippen molar-refractivity contribution in [2.24, 2.45) is 16.9 Å². The molecule has 7 nitrogen and oxygen atoms in total. The maximum absolute atomic E-state index is 12.4. The van der Waals surface area contributed by atoms with Crippen molar-refractivity contribution in [3.63, 3.8) is 0 Å². The monoisotopic (exact) mass is 373 g/mol. The van der Waals surface area contributed by atoms with Crippen LogP contribution < -0.4 is 11.5 Å². The number of hydrogen-bond acceptors (Lipinski definition) is 5. The Labute approximate surface area is 161 Å². The van der Waals surface area contributed by atoms with E-state index in [1.807, 2.05) is 21.9 Å². The lowest BCUT2D eigenvalue weighted by Gasteiger charge is -2.47. The van der Waals surface area contributed by atoms with Gasteiger partial charge < -0.3 is 21.3 Å². The first-order chi connectivity index (χ1) is 13.0. The maximum Gasteiger partial charge on any atom is 0.239 e. The summed E-state index contributed by atoms with van der Waals surface area (Å²) in [6, 6.07) is 3.51. The molecule has 0 saturated carbocycles. The van der Waals surface area contributed by atoms with Gasteiger partial charge in [0.15, 0.2) is 0 Å². The van der Waals surface area contributed by atoms with Gasteiger partial charge in [-0.15, -0.1) is 0 Å². The number of carbonyl (C=O) groups is 2. The van der Waals surface area contributed by atoms with Gasteiger partial charge in [-0.05, 0) is 61.8 Å². The van der Waals surface area contributed by atoms with E-state index in [1.54, 1.807) is 12.4 Å². The minimum absolute atomic E-state index is 0.0109. The van der Waals surface area contributed by atoms with Crippen molar-refractivity contribution in [1.29, 1.82) is 0 Å². The summed E-state index contributed by atoms with van der Waals surface area (Å²) in [5.74, 6) is 0.259. The summed E-state index contributed by atoms with van der Waals surface area (Å²) in [6.45, 7) is 3.43. The molecule has 3 rings (SSSR count). The SMILES string of the molecule is NCC[C@H](N)C(=O)N1CCC2(CCC(=O)N(CCc3ccncc3)C2)CC1. The summed E-state index contributed by atoms with van der Waals surface area (Å²) in [5, 5.41) is 0. The summed E-state index contributed by atoms with van der Waals surface area (Å²) in [5.41, 5.74) is 12.8. The molecule has 1 aromatic heterocycles. The van der Waals surface area contributed by atoms with Crippen LogP contribution in [-0.2, 0) is 16.0 Å². The second-order valence-corrected chi connectivity index (χ2v) is 7.93. The van der Waals surface area contributed by atoms with Crippen molar-refractivity contribution in [3.8, 4) is 0 Å². The topological polar surface area (TPSA) is 106 Å². The lowest BCUT2D eigenvalue weighted by Crippen LogP contribution is -2.54. The third-order valence-electron chi connectivity index (χ3n) is 6.10. The van der Waals surface area contributed by atoms with E-state index in [9.17, 15) is 9.59 Å². The molecule has 7 heteroatoms. The number of pyridine rings is 1. The van der Waals surface area contributed by atoms with E-state index in [1.165, 1.54) is 5.56 Å². The highest BCUT2D eigenvalue weighted by Gasteiger charge is 2.41. The lowest BCUT2D eigenvalue weighted by molar-refractivity contribution is -0.143. The number of piperidine rings is 2. The standard InChI is InChI=1S/C20H31N5O2/c21-9-2-17(22)19(27)24-13-7-20(8-14-24)6-1-18(26)25(15-20)12-5-16-3-10-23-11-4-16/h3-4,10-11,17H,1-2,5-9,12-15,21-22H2/t17-/m0/s1. The molecule has 148 valence electrons. The van der Waals surface area contributed by atoms with Crippen LogP contribution in [0.1, 0.15) is 37.7 Å². The van der Waals surface area contributed by atoms with Crippen LogP contribution >= 0.6 is 0 Å². The minimum Gasteiger partial charge on any atom is -0.342 e. The van der Waals surface area contributed by atoms with Crippen LogP contribution in [-0.4, -0.2) is 65.4 Å². The zero-order chi connectivity index (χ0) is 19.3. The maximum atomic E-state index is 12.4. The summed E-state index contributed by atoms with van der Waals surface area (Å²) < 4.78 is 0. The number of amides is 2. The third kappa shape index (κ3) is 4.84. The Bertz CT molecular complexity index is 643. The number of carbonyl (C=O) groups excluding carboxylic acids is 2. The Morgan fingerprint density at radius 3 is 2.59 bits per heavy atom. The van der Waals surface area contributed by atoms with E-state index in [0.29, 0.717) is 19.4 Å². The molecule has 1 spiro atoms. The number of hydrogen-bond donors (Lipinski definition) is 2. The molecule has 0 unspecified atom stereocenters. The first-order valence-corrected chi connectivity index (χ1v) is 9.94. The zero-order valence-electron chi connectivity index (χ0n) is 16.0. The van der Waals surface area contributed by atoms with Crippen LogP contribution in [0.25, 0.3) is 0 Å². The molecule has 3 heterocycles. The Balaban J connectivity index is 1.54. The number of likely N-dealkylation sites (tertiary alicyclic amines) is 2. The van der Waals surface area contributed by atoms with Gasteiger partial charge in [-0.1, -0.05) is 0 Å². The van der Waals surface area contributed by atoms with Crippen LogP contribution in [0.5, 0.6) is 0 Å². The average molecular weight is 374 g/mol. The molecule has 1 atom stereocenters. The fraction of sp³-hybridized carbons (Fsp3) is 0.650. The first kappa shape index (κ1) is 19.8. The van der Waals surface area contributed by atoms with Crippen LogP contribution in [0, 0.1) is 5.41 Å². The van der Waals surface area contributed by atoms with Crippen molar-refractivity contribution in [2.75, 3.05) is 32.7 Å². The van der Waals surface area contributed by atoms with Gasteiger partial charge in [-0.3, -0.25) is 14.6 Å². The third-order valence-corrected chi connectivity index (χ3v) is 6.10. The van der Waals surface area contributed by atoms with E-state index in [-0.39, 0.29) is 17.2 Å². The second kappa shape index (κ2) is 8.80. The molecule has 2 fully saturated rings. The molecular weight excluding hydrogens is 342 g/mol. The highest BCUT2D eigenvalue weighted by Crippen LogP contribution is 2.40. The molecule has 0 bridgehead atoms. The lowest BCUT2D eigenvalue weighted by atomic mass is 9.72. The van der Waals surface area contributed by atoms with Crippen LogP contribution in [0.4, 0.5) is 0 Å². The van der Waals surface area contributed by atoms with E-state index in [4.69, 9.17) is 11.5 Å². The van der Waals surface area contributed by atoms with Gasteiger partial charge in [0.2, 0.25) is 11.8 Å². The summed E-state index contributed by atoms with van der Waals surface area (Å²) in [4.78, 5) is 32.7. The van der Waals surface area contributed by atoms with Crippen molar-refractivity contribution >= 4 is 11.8 Å². The van der Waals surface area contributed by atoms with Crippen LogP contribution in [0.15, 0.2) is 24.5 Å². The normalized spacial score (nSPS) is 20.7. The average Bonchev–Trinajstić information content (AvgIpc) is 2.70. The molecule has 2 aliphatic rings.